The molecule has 0 spiro atoms. The van der Waals surface area contributed by atoms with Crippen LogP contribution in [-0.2, 0) is 0 Å². The van der Waals surface area contributed by atoms with Crippen LogP contribution in [0.5, 0.6) is 0 Å². The maximum Gasteiger partial charge on any atom is 0.108 e. The molecule has 1 fully saturated rings. The van der Waals surface area contributed by atoms with E-state index in [1.165, 1.54) is 18.5 Å². The molecule has 1 aromatic carbocycles. The third-order valence-corrected chi connectivity index (χ3v) is 3.98. The van der Waals surface area contributed by atoms with Crippen molar-refractivity contribution in [2.75, 3.05) is 0 Å². The number of hydrogen-bond donors (Lipinski definition) is 1. The number of aromatic nitrogens is 2. The molecule has 1 heterocycles. The number of nitrogens with one attached hydrogen (secondary N) is 1. The van der Waals surface area contributed by atoms with Gasteiger partial charge in [0.15, 0.2) is 0 Å². The molecule has 16 heavy (non-hydrogen) atoms. The molecular weight excluding hydrogens is 288 g/mol. The van der Waals surface area contributed by atoms with Gasteiger partial charge in [-0.15, -0.1) is 0 Å². The Balaban J connectivity index is 2.10. The van der Waals surface area contributed by atoms with Crippen molar-refractivity contribution in [3.8, 4) is 11.3 Å². The second-order valence-electron chi connectivity index (χ2n) is 4.05. The van der Waals surface area contributed by atoms with Gasteiger partial charge >= 0.3 is 0 Å². The molecule has 0 atom stereocenters. The minimum absolute atomic E-state index is 0.651. The van der Waals surface area contributed by atoms with Crippen molar-refractivity contribution in [3.63, 3.8) is 0 Å². The highest BCUT2D eigenvalue weighted by molar-refractivity contribution is 9.10. The summed E-state index contributed by atoms with van der Waals surface area (Å²) in [6.07, 6.45) is 2.51. The van der Waals surface area contributed by atoms with Crippen LogP contribution in [0.1, 0.15) is 24.5 Å². The maximum atomic E-state index is 6.16. The molecule has 3 rings (SSSR count). The Labute approximate surface area is 107 Å². The number of halogens is 2. The second kappa shape index (κ2) is 3.90. The van der Waals surface area contributed by atoms with Crippen LogP contribution in [-0.4, -0.2) is 10.2 Å². The SMILES string of the molecule is Clc1ccccc1-c1n[nH]c(C2CC2)c1Br. The fourth-order valence-electron chi connectivity index (χ4n) is 1.82. The number of rotatable bonds is 2. The minimum Gasteiger partial charge on any atom is -0.280 e. The number of H-pyrrole nitrogens is 1. The van der Waals surface area contributed by atoms with E-state index in [2.05, 4.69) is 26.1 Å². The largest absolute Gasteiger partial charge is 0.280 e. The van der Waals surface area contributed by atoms with Crippen molar-refractivity contribution in [2.45, 2.75) is 18.8 Å². The van der Waals surface area contributed by atoms with Gasteiger partial charge < -0.3 is 0 Å². The number of aromatic amines is 1. The summed E-state index contributed by atoms with van der Waals surface area (Å²) in [6.45, 7) is 0. The van der Waals surface area contributed by atoms with Crippen molar-refractivity contribution < 1.29 is 0 Å². The van der Waals surface area contributed by atoms with Crippen LogP contribution in [0, 0.1) is 0 Å². The van der Waals surface area contributed by atoms with Crippen molar-refractivity contribution in [1.82, 2.24) is 10.2 Å². The van der Waals surface area contributed by atoms with E-state index in [0.717, 1.165) is 20.8 Å². The van der Waals surface area contributed by atoms with Gasteiger partial charge in [0.05, 0.1) is 15.2 Å². The molecule has 4 heteroatoms. The molecule has 0 aliphatic heterocycles. The van der Waals surface area contributed by atoms with Gasteiger partial charge in [0.2, 0.25) is 0 Å². The second-order valence-corrected chi connectivity index (χ2v) is 5.25. The van der Waals surface area contributed by atoms with Crippen molar-refractivity contribution in [1.29, 1.82) is 0 Å². The first kappa shape index (κ1) is 10.4. The molecule has 0 bridgehead atoms. The molecule has 1 saturated carbocycles. The van der Waals surface area contributed by atoms with Gasteiger partial charge in [-0.05, 0) is 34.8 Å². The standard InChI is InChI=1S/C12H10BrClN2/c13-10-11(7-5-6-7)15-16-12(10)8-3-1-2-4-9(8)14/h1-4,7H,5-6H2,(H,15,16). The molecule has 1 aromatic heterocycles. The van der Waals surface area contributed by atoms with Crippen molar-refractivity contribution >= 4 is 27.5 Å². The van der Waals surface area contributed by atoms with Crippen LogP contribution in [0.15, 0.2) is 28.7 Å². The van der Waals surface area contributed by atoms with Crippen LogP contribution < -0.4 is 0 Å². The quantitative estimate of drug-likeness (QED) is 0.876. The lowest BCUT2D eigenvalue weighted by Crippen LogP contribution is -1.80. The first-order valence-electron chi connectivity index (χ1n) is 5.26. The first-order chi connectivity index (χ1) is 7.77. The Bertz CT molecular complexity index is 532. The zero-order valence-corrected chi connectivity index (χ0v) is 10.8. The lowest BCUT2D eigenvalue weighted by Gasteiger charge is -2.00. The predicted octanol–water partition coefficient (Wildman–Crippen LogP) is 4.37. The Hall–Kier alpha value is -0.800. The van der Waals surface area contributed by atoms with E-state index in [4.69, 9.17) is 11.6 Å². The average molecular weight is 298 g/mol. The van der Waals surface area contributed by atoms with E-state index >= 15 is 0 Å². The first-order valence-corrected chi connectivity index (χ1v) is 6.43. The molecule has 1 aliphatic rings. The van der Waals surface area contributed by atoms with E-state index in [0.29, 0.717) is 5.92 Å². The lowest BCUT2D eigenvalue weighted by molar-refractivity contribution is 0.963. The summed E-state index contributed by atoms with van der Waals surface area (Å²) in [6, 6.07) is 7.77. The number of hydrogen-bond acceptors (Lipinski definition) is 1. The van der Waals surface area contributed by atoms with Crippen LogP contribution in [0.25, 0.3) is 11.3 Å². The van der Waals surface area contributed by atoms with Gasteiger partial charge in [-0.3, -0.25) is 5.10 Å². The predicted molar refractivity (Wildman–Crippen MR) is 68.7 cm³/mol. The van der Waals surface area contributed by atoms with Crippen molar-refractivity contribution in [2.24, 2.45) is 0 Å². The lowest BCUT2D eigenvalue weighted by atomic mass is 10.1. The van der Waals surface area contributed by atoms with Gasteiger partial charge in [0.1, 0.15) is 5.69 Å². The zero-order chi connectivity index (χ0) is 11.1. The summed E-state index contributed by atoms with van der Waals surface area (Å²) >= 11 is 9.77. The Morgan fingerprint density at radius 3 is 2.75 bits per heavy atom. The number of nitrogens with zero attached hydrogens (tertiary/aromatic N) is 1. The molecule has 82 valence electrons. The van der Waals surface area contributed by atoms with Crippen LogP contribution in [0.3, 0.4) is 0 Å². The Morgan fingerprint density at radius 2 is 2.06 bits per heavy atom. The molecule has 0 radical (unpaired) electrons. The Morgan fingerprint density at radius 1 is 1.31 bits per heavy atom. The van der Waals surface area contributed by atoms with Gasteiger partial charge in [-0.2, -0.15) is 5.10 Å². The van der Waals surface area contributed by atoms with E-state index in [9.17, 15) is 0 Å². The maximum absolute atomic E-state index is 6.16. The van der Waals surface area contributed by atoms with E-state index < -0.39 is 0 Å². The highest BCUT2D eigenvalue weighted by Gasteiger charge is 2.29. The summed E-state index contributed by atoms with van der Waals surface area (Å²) in [7, 11) is 0. The van der Waals surface area contributed by atoms with Crippen molar-refractivity contribution in [3.05, 3.63) is 39.5 Å². The molecular formula is C12H10BrClN2. The highest BCUT2D eigenvalue weighted by atomic mass is 79.9. The summed E-state index contributed by atoms with van der Waals surface area (Å²) in [5.41, 5.74) is 3.08. The van der Waals surface area contributed by atoms with E-state index in [1.807, 2.05) is 24.3 Å². The highest BCUT2D eigenvalue weighted by Crippen LogP contribution is 2.45. The summed E-state index contributed by atoms with van der Waals surface area (Å²) in [5.74, 6) is 0.651. The molecule has 0 saturated heterocycles. The third kappa shape index (κ3) is 1.68. The smallest absolute Gasteiger partial charge is 0.108 e. The monoisotopic (exact) mass is 296 g/mol. The molecule has 1 aliphatic carbocycles. The fraction of sp³-hybridized carbons (Fsp3) is 0.250. The topological polar surface area (TPSA) is 28.7 Å². The summed E-state index contributed by atoms with van der Waals surface area (Å²) < 4.78 is 1.06. The van der Waals surface area contributed by atoms with Crippen LogP contribution >= 0.6 is 27.5 Å². The van der Waals surface area contributed by atoms with Gasteiger partial charge in [0.25, 0.3) is 0 Å². The third-order valence-electron chi connectivity index (χ3n) is 2.85. The molecule has 2 aromatic rings. The molecule has 1 N–H and O–H groups in total. The molecule has 0 amide bonds. The average Bonchev–Trinajstić information content (AvgIpc) is 3.05. The fourth-order valence-corrected chi connectivity index (χ4v) is 2.76. The normalized spacial score (nSPS) is 15.4. The molecule has 0 unspecified atom stereocenters. The van der Waals surface area contributed by atoms with E-state index in [-0.39, 0.29) is 0 Å². The van der Waals surface area contributed by atoms with Crippen LogP contribution in [0.4, 0.5) is 0 Å². The van der Waals surface area contributed by atoms with Gasteiger partial charge in [-0.25, -0.2) is 0 Å². The van der Waals surface area contributed by atoms with Gasteiger partial charge in [0, 0.05) is 11.5 Å². The Kier molecular flexibility index (Phi) is 2.52. The van der Waals surface area contributed by atoms with E-state index in [1.54, 1.807) is 0 Å². The number of benzene rings is 1. The summed E-state index contributed by atoms with van der Waals surface area (Å²) in [5, 5.41) is 8.19. The minimum atomic E-state index is 0.651. The summed E-state index contributed by atoms with van der Waals surface area (Å²) in [4.78, 5) is 0. The van der Waals surface area contributed by atoms with Gasteiger partial charge in [-0.1, -0.05) is 29.8 Å². The molecule has 2 nitrogen and oxygen atoms in total. The zero-order valence-electron chi connectivity index (χ0n) is 8.50. The van der Waals surface area contributed by atoms with Crippen LogP contribution in [0.2, 0.25) is 5.02 Å².